The van der Waals surface area contributed by atoms with Crippen molar-refractivity contribution in [3.8, 4) is 11.6 Å². The molecule has 11 heteroatoms. The molecule has 4 aromatic rings. The third-order valence-corrected chi connectivity index (χ3v) is 7.74. The fourth-order valence-electron chi connectivity index (χ4n) is 5.19. The minimum absolute atomic E-state index is 0.239. The zero-order valence-corrected chi connectivity index (χ0v) is 24.0. The number of hydrogen-bond acceptors (Lipinski definition) is 6. The number of nitrogens with one attached hydrogen (secondary N) is 2. The highest BCUT2D eigenvalue weighted by atomic mass is 32.2. The quantitative estimate of drug-likeness (QED) is 0.311. The van der Waals surface area contributed by atoms with Crippen LogP contribution >= 0.6 is 12.2 Å². The number of methoxy groups -OCH3 is 1. The van der Waals surface area contributed by atoms with Crippen molar-refractivity contribution in [2.24, 2.45) is 0 Å². The third-order valence-electron chi connectivity index (χ3n) is 6.84. The monoisotopic (exact) mass is 562 g/mol. The van der Waals surface area contributed by atoms with Crippen LogP contribution in [0.1, 0.15) is 40.3 Å². The zero-order valence-electron chi connectivity index (χ0n) is 22.3. The molecule has 4 heterocycles. The summed E-state index contributed by atoms with van der Waals surface area (Å²) in [7, 11) is -1.98. The summed E-state index contributed by atoms with van der Waals surface area (Å²) < 4.78 is 34.0. The van der Waals surface area contributed by atoms with Crippen molar-refractivity contribution in [3.63, 3.8) is 0 Å². The molecule has 0 amide bonds. The fraction of sp³-hybridized carbons (Fsp3) is 0.250. The lowest BCUT2D eigenvalue weighted by molar-refractivity contribution is 0.417. The van der Waals surface area contributed by atoms with Gasteiger partial charge in [0.25, 0.3) is 0 Å². The van der Waals surface area contributed by atoms with Crippen LogP contribution in [-0.4, -0.2) is 41.4 Å². The SMILES string of the molecule is COc1cc(N2C(=S)N[C@H](c3ccccn3)[C@H]2c2cc(C)n(-c3ncccc3C)c2C)ccc1NS(C)(=O)=O. The van der Waals surface area contributed by atoms with E-state index in [-0.39, 0.29) is 12.1 Å². The Bertz CT molecular complexity index is 1650. The van der Waals surface area contributed by atoms with Crippen molar-refractivity contribution in [2.45, 2.75) is 32.9 Å². The van der Waals surface area contributed by atoms with Gasteiger partial charge in [0.2, 0.25) is 10.0 Å². The van der Waals surface area contributed by atoms with Crippen LogP contribution in [0.4, 0.5) is 11.4 Å². The average Bonchev–Trinajstić information content (AvgIpc) is 3.39. The predicted molar refractivity (Wildman–Crippen MR) is 157 cm³/mol. The highest BCUT2D eigenvalue weighted by molar-refractivity contribution is 7.92. The van der Waals surface area contributed by atoms with Crippen LogP contribution in [0.25, 0.3) is 5.82 Å². The minimum Gasteiger partial charge on any atom is -0.494 e. The van der Waals surface area contributed by atoms with E-state index in [2.05, 4.69) is 57.5 Å². The molecule has 9 nitrogen and oxygen atoms in total. The Labute approximate surface area is 233 Å². The van der Waals surface area contributed by atoms with E-state index >= 15 is 0 Å². The molecule has 5 rings (SSSR count). The average molecular weight is 563 g/mol. The Morgan fingerprint density at radius 1 is 1.03 bits per heavy atom. The number of aromatic nitrogens is 3. The molecule has 0 bridgehead atoms. The number of sulfonamides is 1. The number of benzene rings is 1. The molecule has 2 N–H and O–H groups in total. The van der Waals surface area contributed by atoms with E-state index in [1.165, 1.54) is 7.11 Å². The lowest BCUT2D eigenvalue weighted by atomic mass is 9.96. The first kappa shape index (κ1) is 26.6. The van der Waals surface area contributed by atoms with Gasteiger partial charge in [-0.15, -0.1) is 0 Å². The molecular formula is C28H30N6O3S2. The highest BCUT2D eigenvalue weighted by Crippen LogP contribution is 2.45. The summed E-state index contributed by atoms with van der Waals surface area (Å²) in [5.41, 5.74) is 6.19. The summed E-state index contributed by atoms with van der Waals surface area (Å²) >= 11 is 5.89. The molecule has 39 heavy (non-hydrogen) atoms. The first-order valence-electron chi connectivity index (χ1n) is 12.4. The molecule has 0 radical (unpaired) electrons. The van der Waals surface area contributed by atoms with E-state index in [0.29, 0.717) is 16.5 Å². The lowest BCUT2D eigenvalue weighted by Gasteiger charge is -2.29. The maximum atomic E-state index is 11.9. The number of nitrogens with zero attached hydrogens (tertiary/aromatic N) is 4. The summed E-state index contributed by atoms with van der Waals surface area (Å²) in [4.78, 5) is 11.4. The van der Waals surface area contributed by atoms with Gasteiger partial charge < -0.3 is 19.5 Å². The van der Waals surface area contributed by atoms with Crippen molar-refractivity contribution in [2.75, 3.05) is 23.0 Å². The lowest BCUT2D eigenvalue weighted by Crippen LogP contribution is -2.29. The molecule has 1 saturated heterocycles. The first-order chi connectivity index (χ1) is 18.6. The first-order valence-corrected chi connectivity index (χ1v) is 14.7. The summed E-state index contributed by atoms with van der Waals surface area (Å²) in [6, 6.07) is 16.8. The number of rotatable bonds is 7. The molecule has 0 spiro atoms. The number of ether oxygens (including phenoxy) is 1. The normalized spacial score (nSPS) is 17.3. The smallest absolute Gasteiger partial charge is 0.229 e. The minimum atomic E-state index is -3.49. The van der Waals surface area contributed by atoms with Gasteiger partial charge in [0.05, 0.1) is 36.8 Å². The van der Waals surface area contributed by atoms with E-state index in [4.69, 9.17) is 17.0 Å². The number of aryl methyl sites for hydroxylation is 2. The number of anilines is 2. The van der Waals surface area contributed by atoms with E-state index in [1.54, 1.807) is 24.5 Å². The number of thiocarbonyl (C=S) groups is 1. The van der Waals surface area contributed by atoms with Gasteiger partial charge in [-0.3, -0.25) is 9.71 Å². The summed E-state index contributed by atoms with van der Waals surface area (Å²) in [6.45, 7) is 6.21. The largest absolute Gasteiger partial charge is 0.494 e. The van der Waals surface area contributed by atoms with Crippen LogP contribution in [0.3, 0.4) is 0 Å². The number of pyridine rings is 2. The second kappa shape index (κ2) is 10.3. The van der Waals surface area contributed by atoms with Gasteiger partial charge in [-0.05, 0) is 80.5 Å². The van der Waals surface area contributed by atoms with Crippen molar-refractivity contribution in [1.82, 2.24) is 19.9 Å². The van der Waals surface area contributed by atoms with Gasteiger partial charge in [-0.25, -0.2) is 13.4 Å². The molecule has 1 aliphatic heterocycles. The topological polar surface area (TPSA) is 101 Å². The Morgan fingerprint density at radius 3 is 2.46 bits per heavy atom. The van der Waals surface area contributed by atoms with Crippen LogP contribution in [0.15, 0.2) is 67.0 Å². The Hall–Kier alpha value is -3.96. The standard InChI is InChI=1S/C28H30N6O3S2/c1-17-9-8-14-30-27(17)33-18(2)15-21(19(33)3)26-25(23-10-6-7-13-29-23)31-28(38)34(26)20-11-12-22(24(16-20)37-4)32-39(5,35)36/h6-16,25-26,32H,1-5H3,(H,31,38)/t25-,26-/m1/s1. The van der Waals surface area contributed by atoms with E-state index in [0.717, 1.165) is 46.0 Å². The van der Waals surface area contributed by atoms with E-state index < -0.39 is 10.0 Å². The van der Waals surface area contributed by atoms with Crippen LogP contribution in [0, 0.1) is 20.8 Å². The highest BCUT2D eigenvalue weighted by Gasteiger charge is 2.42. The third kappa shape index (κ3) is 5.07. The second-order valence-corrected chi connectivity index (χ2v) is 11.7. The molecular weight excluding hydrogens is 532 g/mol. The van der Waals surface area contributed by atoms with Crippen molar-refractivity contribution in [3.05, 3.63) is 95.2 Å². The van der Waals surface area contributed by atoms with Crippen molar-refractivity contribution < 1.29 is 13.2 Å². The molecule has 0 saturated carbocycles. The maximum absolute atomic E-state index is 11.9. The zero-order chi connectivity index (χ0) is 27.9. The summed E-state index contributed by atoms with van der Waals surface area (Å²) in [5, 5.41) is 4.01. The van der Waals surface area contributed by atoms with Crippen molar-refractivity contribution in [1.29, 1.82) is 0 Å². The van der Waals surface area contributed by atoms with Gasteiger partial charge in [0, 0.05) is 35.5 Å². The van der Waals surface area contributed by atoms with Crippen LogP contribution in [-0.2, 0) is 10.0 Å². The summed E-state index contributed by atoms with van der Waals surface area (Å²) in [5.74, 6) is 1.27. The second-order valence-electron chi connectivity index (χ2n) is 9.56. The van der Waals surface area contributed by atoms with Gasteiger partial charge in [-0.1, -0.05) is 12.1 Å². The summed E-state index contributed by atoms with van der Waals surface area (Å²) in [6.07, 6.45) is 4.68. The Balaban J connectivity index is 1.67. The molecule has 202 valence electrons. The Kier molecular flexibility index (Phi) is 7.04. The van der Waals surface area contributed by atoms with Crippen LogP contribution < -0.4 is 19.7 Å². The van der Waals surface area contributed by atoms with E-state index in [9.17, 15) is 8.42 Å². The molecule has 1 aromatic carbocycles. The fourth-order valence-corrected chi connectivity index (χ4v) is 6.10. The Morgan fingerprint density at radius 2 is 1.79 bits per heavy atom. The van der Waals surface area contributed by atoms with Gasteiger partial charge in [0.15, 0.2) is 5.11 Å². The number of hydrogen-bond donors (Lipinski definition) is 2. The molecule has 1 fully saturated rings. The van der Waals surface area contributed by atoms with E-state index in [1.807, 2.05) is 35.2 Å². The molecule has 2 atom stereocenters. The molecule has 1 aliphatic rings. The van der Waals surface area contributed by atoms with Gasteiger partial charge in [0.1, 0.15) is 11.6 Å². The van der Waals surface area contributed by atoms with Gasteiger partial charge >= 0.3 is 0 Å². The van der Waals surface area contributed by atoms with Gasteiger partial charge in [-0.2, -0.15) is 0 Å². The van der Waals surface area contributed by atoms with Crippen molar-refractivity contribution >= 4 is 38.7 Å². The molecule has 0 aliphatic carbocycles. The molecule has 3 aromatic heterocycles. The van der Waals surface area contributed by atoms with Crippen LogP contribution in [0.2, 0.25) is 0 Å². The predicted octanol–water partition coefficient (Wildman–Crippen LogP) is 4.75. The van der Waals surface area contributed by atoms with Crippen LogP contribution in [0.5, 0.6) is 5.75 Å². The maximum Gasteiger partial charge on any atom is 0.229 e. The molecule has 0 unspecified atom stereocenters.